The summed E-state index contributed by atoms with van der Waals surface area (Å²) in [6.07, 6.45) is 5.92. The summed E-state index contributed by atoms with van der Waals surface area (Å²) in [4.78, 5) is 15.9. The molecule has 1 aliphatic rings. The molecular formula is C18H21N3O. The highest BCUT2D eigenvalue weighted by molar-refractivity contribution is 5.93. The molecule has 0 saturated heterocycles. The fraction of sp³-hybridized carbons (Fsp3) is 0.333. The summed E-state index contributed by atoms with van der Waals surface area (Å²) in [7, 11) is 0. The summed E-state index contributed by atoms with van der Waals surface area (Å²) < 4.78 is 0. The molecule has 1 aromatic carbocycles. The van der Waals surface area contributed by atoms with Gasteiger partial charge in [0.15, 0.2) is 0 Å². The number of carbonyl (C=O) groups excluding carboxylic acids is 1. The van der Waals surface area contributed by atoms with Gasteiger partial charge in [0, 0.05) is 12.5 Å². The summed E-state index contributed by atoms with van der Waals surface area (Å²) in [6, 6.07) is 14.3. The van der Waals surface area contributed by atoms with E-state index in [1.807, 2.05) is 18.2 Å². The van der Waals surface area contributed by atoms with Crippen LogP contribution in [0.25, 0.3) is 0 Å². The molecule has 1 aromatic heterocycles. The number of amides is 1. The Kier molecular flexibility index (Phi) is 4.68. The van der Waals surface area contributed by atoms with Crippen LogP contribution in [-0.2, 0) is 11.2 Å². The smallest absolute Gasteiger partial charge is 0.228 e. The monoisotopic (exact) mass is 295 g/mol. The summed E-state index contributed by atoms with van der Waals surface area (Å²) in [5, 5.41) is 6.20. The lowest BCUT2D eigenvalue weighted by Gasteiger charge is -2.08. The maximum absolute atomic E-state index is 11.6. The normalized spacial score (nSPS) is 13.6. The third-order valence-electron chi connectivity index (χ3n) is 3.78. The molecule has 0 atom stereocenters. The maximum Gasteiger partial charge on any atom is 0.228 e. The molecule has 2 aromatic rings. The Morgan fingerprint density at radius 1 is 1.14 bits per heavy atom. The second kappa shape index (κ2) is 7.07. The number of hydrogen-bond donors (Lipinski definition) is 2. The number of nitrogens with zero attached hydrogens (tertiary/aromatic N) is 1. The highest BCUT2D eigenvalue weighted by Crippen LogP contribution is 2.29. The Morgan fingerprint density at radius 3 is 2.64 bits per heavy atom. The van der Waals surface area contributed by atoms with E-state index in [2.05, 4.69) is 39.9 Å². The minimum atomic E-state index is 0.0936. The van der Waals surface area contributed by atoms with E-state index in [1.165, 1.54) is 5.56 Å². The van der Waals surface area contributed by atoms with Crippen LogP contribution in [0.15, 0.2) is 48.7 Å². The van der Waals surface area contributed by atoms with Gasteiger partial charge in [-0.15, -0.1) is 0 Å². The summed E-state index contributed by atoms with van der Waals surface area (Å²) >= 11 is 0. The van der Waals surface area contributed by atoms with Crippen molar-refractivity contribution in [3.8, 4) is 0 Å². The predicted octanol–water partition coefficient (Wildman–Crippen LogP) is 3.47. The van der Waals surface area contributed by atoms with Crippen LogP contribution >= 0.6 is 0 Å². The number of aromatic nitrogens is 1. The van der Waals surface area contributed by atoms with E-state index in [0.29, 0.717) is 5.82 Å². The number of anilines is 2. The zero-order chi connectivity index (χ0) is 15.2. The Hall–Kier alpha value is -2.36. The van der Waals surface area contributed by atoms with Crippen molar-refractivity contribution in [1.82, 2.24) is 4.98 Å². The summed E-state index contributed by atoms with van der Waals surface area (Å²) in [5.41, 5.74) is 2.35. The SMILES string of the molecule is O=C(Nc1ccc(NCCCc2ccccc2)cn1)C1CC1. The molecule has 1 aliphatic carbocycles. The van der Waals surface area contributed by atoms with Crippen molar-refractivity contribution in [3.05, 3.63) is 54.2 Å². The van der Waals surface area contributed by atoms with E-state index in [1.54, 1.807) is 6.20 Å². The van der Waals surface area contributed by atoms with Crippen LogP contribution in [0.1, 0.15) is 24.8 Å². The molecule has 1 heterocycles. The van der Waals surface area contributed by atoms with Gasteiger partial charge in [0.2, 0.25) is 5.91 Å². The van der Waals surface area contributed by atoms with Gasteiger partial charge < -0.3 is 10.6 Å². The highest BCUT2D eigenvalue weighted by Gasteiger charge is 2.29. The van der Waals surface area contributed by atoms with Crippen molar-refractivity contribution in [3.63, 3.8) is 0 Å². The minimum Gasteiger partial charge on any atom is -0.384 e. The third-order valence-corrected chi connectivity index (χ3v) is 3.78. The number of aryl methyl sites for hydroxylation is 1. The molecule has 0 bridgehead atoms. The molecule has 4 nitrogen and oxygen atoms in total. The van der Waals surface area contributed by atoms with E-state index < -0.39 is 0 Å². The van der Waals surface area contributed by atoms with Gasteiger partial charge in [-0.3, -0.25) is 4.79 Å². The summed E-state index contributed by atoms with van der Waals surface area (Å²) in [5.74, 6) is 0.931. The Morgan fingerprint density at radius 2 is 1.95 bits per heavy atom. The van der Waals surface area contributed by atoms with Crippen LogP contribution in [0.4, 0.5) is 11.5 Å². The van der Waals surface area contributed by atoms with Crippen LogP contribution in [0.3, 0.4) is 0 Å². The van der Waals surface area contributed by atoms with Gasteiger partial charge in [-0.05, 0) is 43.4 Å². The van der Waals surface area contributed by atoms with Gasteiger partial charge >= 0.3 is 0 Å². The topological polar surface area (TPSA) is 54.0 Å². The fourth-order valence-electron chi connectivity index (χ4n) is 2.32. The molecule has 1 amide bonds. The van der Waals surface area contributed by atoms with Crippen LogP contribution in [0.5, 0.6) is 0 Å². The number of hydrogen-bond acceptors (Lipinski definition) is 3. The van der Waals surface area contributed by atoms with E-state index in [4.69, 9.17) is 0 Å². The number of pyridine rings is 1. The van der Waals surface area contributed by atoms with Gasteiger partial charge in [-0.1, -0.05) is 30.3 Å². The predicted molar refractivity (Wildman–Crippen MR) is 88.8 cm³/mol. The highest BCUT2D eigenvalue weighted by atomic mass is 16.2. The van der Waals surface area contributed by atoms with Gasteiger partial charge in [0.25, 0.3) is 0 Å². The van der Waals surface area contributed by atoms with Gasteiger partial charge in [0.05, 0.1) is 11.9 Å². The number of carbonyl (C=O) groups is 1. The zero-order valence-electron chi connectivity index (χ0n) is 12.6. The molecule has 1 saturated carbocycles. The average Bonchev–Trinajstić information content (AvgIpc) is 3.39. The average molecular weight is 295 g/mol. The molecule has 4 heteroatoms. The van der Waals surface area contributed by atoms with E-state index >= 15 is 0 Å². The second-order valence-corrected chi connectivity index (χ2v) is 5.71. The van der Waals surface area contributed by atoms with E-state index in [0.717, 1.165) is 37.9 Å². The Bertz CT molecular complexity index is 606. The molecule has 2 N–H and O–H groups in total. The minimum absolute atomic E-state index is 0.0936. The maximum atomic E-state index is 11.6. The van der Waals surface area contributed by atoms with Crippen molar-refractivity contribution in [2.75, 3.05) is 17.2 Å². The Labute approximate surface area is 131 Å². The first-order valence-electron chi connectivity index (χ1n) is 7.86. The molecule has 0 spiro atoms. The molecule has 0 aliphatic heterocycles. The zero-order valence-corrected chi connectivity index (χ0v) is 12.6. The van der Waals surface area contributed by atoms with Crippen LogP contribution in [-0.4, -0.2) is 17.4 Å². The van der Waals surface area contributed by atoms with E-state index in [-0.39, 0.29) is 11.8 Å². The van der Waals surface area contributed by atoms with Crippen LogP contribution < -0.4 is 10.6 Å². The molecule has 22 heavy (non-hydrogen) atoms. The molecule has 3 rings (SSSR count). The lowest BCUT2D eigenvalue weighted by Crippen LogP contribution is -2.14. The quantitative estimate of drug-likeness (QED) is 0.769. The van der Waals surface area contributed by atoms with Crippen molar-refractivity contribution < 1.29 is 4.79 Å². The first-order valence-corrected chi connectivity index (χ1v) is 7.86. The molecule has 0 unspecified atom stereocenters. The van der Waals surface area contributed by atoms with Crippen LogP contribution in [0.2, 0.25) is 0 Å². The number of rotatable bonds is 7. The molecule has 0 radical (unpaired) electrons. The van der Waals surface area contributed by atoms with E-state index in [9.17, 15) is 4.79 Å². The van der Waals surface area contributed by atoms with Crippen molar-refractivity contribution in [2.45, 2.75) is 25.7 Å². The lowest BCUT2D eigenvalue weighted by molar-refractivity contribution is -0.117. The first kappa shape index (κ1) is 14.6. The van der Waals surface area contributed by atoms with Gasteiger partial charge in [-0.2, -0.15) is 0 Å². The Balaban J connectivity index is 1.40. The number of nitrogens with one attached hydrogen (secondary N) is 2. The first-order chi connectivity index (χ1) is 10.8. The van der Waals surface area contributed by atoms with Crippen molar-refractivity contribution in [2.24, 2.45) is 5.92 Å². The van der Waals surface area contributed by atoms with Crippen LogP contribution in [0, 0.1) is 5.92 Å². The van der Waals surface area contributed by atoms with Gasteiger partial charge in [-0.25, -0.2) is 4.98 Å². The molecule has 1 fully saturated rings. The molecule has 114 valence electrons. The van der Waals surface area contributed by atoms with Gasteiger partial charge in [0.1, 0.15) is 5.82 Å². The van der Waals surface area contributed by atoms with Crippen molar-refractivity contribution >= 4 is 17.4 Å². The standard InChI is InChI=1S/C18H21N3O/c22-18(15-8-9-15)21-17-11-10-16(13-20-17)19-12-4-7-14-5-2-1-3-6-14/h1-3,5-6,10-11,13,15,19H,4,7-9,12H2,(H,20,21,22). The number of benzene rings is 1. The molecular weight excluding hydrogens is 274 g/mol. The second-order valence-electron chi connectivity index (χ2n) is 5.71. The lowest BCUT2D eigenvalue weighted by atomic mass is 10.1. The van der Waals surface area contributed by atoms with Crippen molar-refractivity contribution in [1.29, 1.82) is 0 Å². The summed E-state index contributed by atoms with van der Waals surface area (Å²) in [6.45, 7) is 0.907. The fourth-order valence-corrected chi connectivity index (χ4v) is 2.32. The third kappa shape index (κ3) is 4.32. The largest absolute Gasteiger partial charge is 0.384 e.